The Morgan fingerprint density at radius 3 is 1.18 bits per heavy atom. The van der Waals surface area contributed by atoms with E-state index in [-0.39, 0.29) is 10.8 Å². The lowest BCUT2D eigenvalue weighted by molar-refractivity contribution is 0.588. The Hall–Kier alpha value is -1.30. The van der Waals surface area contributed by atoms with Gasteiger partial charge >= 0.3 is 0 Å². The van der Waals surface area contributed by atoms with E-state index in [1.54, 1.807) is 34.9 Å². The first-order valence-corrected chi connectivity index (χ1v) is 14.3. The molecule has 1 aromatic heterocycles. The van der Waals surface area contributed by atoms with Crippen LogP contribution in [-0.2, 0) is 22.3 Å². The molecule has 0 saturated carbocycles. The largest absolute Gasteiger partial charge is 0.175 e. The van der Waals surface area contributed by atoms with E-state index in [0.29, 0.717) is 0 Å². The van der Waals surface area contributed by atoms with E-state index in [4.69, 9.17) is 0 Å². The maximum absolute atomic E-state index is 4.46. The molecule has 0 atom stereocenters. The highest BCUT2D eigenvalue weighted by Crippen LogP contribution is 2.36. The van der Waals surface area contributed by atoms with Crippen molar-refractivity contribution >= 4 is 34.9 Å². The van der Waals surface area contributed by atoms with Gasteiger partial charge < -0.3 is 0 Å². The third-order valence-corrected chi connectivity index (χ3v) is 9.43. The van der Waals surface area contributed by atoms with Gasteiger partial charge in [0.2, 0.25) is 0 Å². The Labute approximate surface area is 213 Å². The fourth-order valence-corrected chi connectivity index (χ4v) is 7.30. The molecule has 178 valence electrons. The summed E-state index contributed by atoms with van der Waals surface area (Å²) >= 11 is 5.31. The topological polar surface area (TPSA) is 25.8 Å². The fraction of sp³-hybridized carbons (Fsp3) is 0.500. The predicted octanol–water partition coefficient (Wildman–Crippen LogP) is 8.95. The zero-order valence-corrected chi connectivity index (χ0v) is 24.3. The average molecular weight is 499 g/mol. The van der Waals surface area contributed by atoms with Gasteiger partial charge in [0, 0.05) is 11.5 Å². The molecule has 1 heterocycles. The molecule has 0 spiro atoms. The maximum Gasteiger partial charge on any atom is 0.175 e. The molecule has 2 nitrogen and oxygen atoms in total. The van der Waals surface area contributed by atoms with E-state index in [2.05, 4.69) is 104 Å². The van der Waals surface area contributed by atoms with E-state index < -0.39 is 0 Å². The van der Waals surface area contributed by atoms with Crippen LogP contribution >= 0.6 is 34.9 Å². The molecule has 0 aliphatic carbocycles. The zero-order chi connectivity index (χ0) is 24.6. The monoisotopic (exact) mass is 498 g/mol. The minimum Gasteiger partial charge on any atom is -0.131 e. The maximum atomic E-state index is 4.46. The molecule has 0 bridgehead atoms. The lowest BCUT2D eigenvalue weighted by Crippen LogP contribution is -2.12. The molecule has 3 aromatic rings. The van der Waals surface area contributed by atoms with Crippen LogP contribution in [0.15, 0.2) is 32.9 Å². The van der Waals surface area contributed by atoms with Crippen molar-refractivity contribution in [2.45, 2.75) is 100 Å². The van der Waals surface area contributed by atoms with Gasteiger partial charge in [0.05, 0.1) is 0 Å². The molecule has 0 fully saturated rings. The lowest BCUT2D eigenvalue weighted by Gasteiger charge is -2.22. The number of hydrogen-bond acceptors (Lipinski definition) is 5. The molecule has 5 heteroatoms. The van der Waals surface area contributed by atoms with Crippen molar-refractivity contribution in [1.82, 2.24) is 10.2 Å². The van der Waals surface area contributed by atoms with Crippen molar-refractivity contribution in [2.24, 2.45) is 0 Å². The van der Waals surface area contributed by atoms with E-state index >= 15 is 0 Å². The highest BCUT2D eigenvalue weighted by molar-refractivity contribution is 8.02. The summed E-state index contributed by atoms with van der Waals surface area (Å²) in [6, 6.07) is 9.39. The Morgan fingerprint density at radius 2 is 0.909 bits per heavy atom. The van der Waals surface area contributed by atoms with Crippen LogP contribution in [0.2, 0.25) is 0 Å². The molecule has 0 aliphatic rings. The van der Waals surface area contributed by atoms with Crippen molar-refractivity contribution in [3.05, 3.63) is 68.8 Å². The first-order valence-electron chi connectivity index (χ1n) is 11.6. The summed E-state index contributed by atoms with van der Waals surface area (Å²) in [5.74, 6) is 1.88. The van der Waals surface area contributed by atoms with Crippen LogP contribution in [0, 0.1) is 27.7 Å². The van der Waals surface area contributed by atoms with Gasteiger partial charge in [0.25, 0.3) is 0 Å². The van der Waals surface area contributed by atoms with Crippen molar-refractivity contribution in [1.29, 1.82) is 0 Å². The van der Waals surface area contributed by atoms with Crippen LogP contribution < -0.4 is 0 Å². The molecule has 2 aromatic carbocycles. The van der Waals surface area contributed by atoms with Crippen LogP contribution in [0.25, 0.3) is 0 Å². The molecule has 0 aliphatic heterocycles. The van der Waals surface area contributed by atoms with Crippen LogP contribution in [0.4, 0.5) is 0 Å². The number of rotatable bonds is 6. The van der Waals surface area contributed by atoms with E-state index in [0.717, 1.165) is 20.2 Å². The molecular formula is C28H38N2S3. The lowest BCUT2D eigenvalue weighted by atomic mass is 9.84. The minimum atomic E-state index is 0.177. The van der Waals surface area contributed by atoms with Gasteiger partial charge in [0.15, 0.2) is 8.68 Å². The molecule has 33 heavy (non-hydrogen) atoms. The van der Waals surface area contributed by atoms with Crippen molar-refractivity contribution in [3.63, 3.8) is 0 Å². The third-order valence-electron chi connectivity index (χ3n) is 6.19. The molecule has 0 unspecified atom stereocenters. The van der Waals surface area contributed by atoms with Crippen molar-refractivity contribution < 1.29 is 0 Å². The van der Waals surface area contributed by atoms with E-state index in [9.17, 15) is 0 Å². The molecule has 0 N–H and O–H groups in total. The standard InChI is InChI=1S/C28H38N2S3/c1-17-11-21(27(5,6)7)12-18(2)23(17)15-31-25-29-30-26(33-25)32-16-24-19(3)13-22(14-20(24)4)28(8,9)10/h11-14H,15-16H2,1-10H3. The summed E-state index contributed by atoms with van der Waals surface area (Å²) in [7, 11) is 0. The smallest absolute Gasteiger partial charge is 0.131 e. The second-order valence-electron chi connectivity index (χ2n) is 11.1. The van der Waals surface area contributed by atoms with Gasteiger partial charge in [-0.3, -0.25) is 0 Å². The quantitative estimate of drug-likeness (QED) is 0.317. The first-order chi connectivity index (χ1) is 15.3. The Morgan fingerprint density at radius 1 is 0.606 bits per heavy atom. The molecular weight excluding hydrogens is 461 g/mol. The van der Waals surface area contributed by atoms with Gasteiger partial charge in [-0.05, 0) is 83.0 Å². The van der Waals surface area contributed by atoms with Crippen LogP contribution in [-0.4, -0.2) is 10.2 Å². The molecule has 0 saturated heterocycles. The normalized spacial score (nSPS) is 12.4. The Balaban J connectivity index is 1.65. The summed E-state index contributed by atoms with van der Waals surface area (Å²) in [5.41, 5.74) is 11.5. The van der Waals surface area contributed by atoms with Gasteiger partial charge in [-0.25, -0.2) is 0 Å². The van der Waals surface area contributed by atoms with Crippen LogP contribution in [0.3, 0.4) is 0 Å². The minimum absolute atomic E-state index is 0.177. The number of aryl methyl sites for hydroxylation is 4. The van der Waals surface area contributed by atoms with Gasteiger partial charge in [0.1, 0.15) is 0 Å². The fourth-order valence-electron chi connectivity index (χ4n) is 3.89. The summed E-state index contributed by atoms with van der Waals surface area (Å²) in [6.45, 7) is 22.6. The number of hydrogen-bond donors (Lipinski definition) is 0. The molecule has 3 rings (SSSR count). The number of benzene rings is 2. The summed E-state index contributed by atoms with van der Waals surface area (Å²) < 4.78 is 2.10. The number of thioether (sulfide) groups is 2. The SMILES string of the molecule is Cc1cc(C(C)(C)C)cc(C)c1CSc1nnc(SCc2c(C)cc(C(C)(C)C)cc2C)s1. The predicted molar refractivity (Wildman–Crippen MR) is 148 cm³/mol. The number of nitrogens with zero attached hydrogens (tertiary/aromatic N) is 2. The van der Waals surface area contributed by atoms with Gasteiger partial charge in [-0.1, -0.05) is 101 Å². The van der Waals surface area contributed by atoms with Gasteiger partial charge in [-0.15, -0.1) is 10.2 Å². The summed E-state index contributed by atoms with van der Waals surface area (Å²) in [5, 5.41) is 8.92. The Bertz CT molecular complexity index is 997. The summed E-state index contributed by atoms with van der Waals surface area (Å²) in [6.07, 6.45) is 0. The van der Waals surface area contributed by atoms with Crippen LogP contribution in [0.1, 0.15) is 86.1 Å². The highest BCUT2D eigenvalue weighted by Gasteiger charge is 2.18. The van der Waals surface area contributed by atoms with Crippen LogP contribution in [0.5, 0.6) is 0 Å². The summed E-state index contributed by atoms with van der Waals surface area (Å²) in [4.78, 5) is 0. The van der Waals surface area contributed by atoms with Crippen molar-refractivity contribution in [2.75, 3.05) is 0 Å². The molecule has 0 amide bonds. The first kappa shape index (κ1) is 26.3. The molecule has 0 radical (unpaired) electrons. The van der Waals surface area contributed by atoms with Crippen molar-refractivity contribution in [3.8, 4) is 0 Å². The Kier molecular flexibility index (Phi) is 8.08. The number of aromatic nitrogens is 2. The van der Waals surface area contributed by atoms with Gasteiger partial charge in [-0.2, -0.15) is 0 Å². The average Bonchev–Trinajstić information content (AvgIpc) is 3.12. The highest BCUT2D eigenvalue weighted by atomic mass is 32.2. The second kappa shape index (κ2) is 10.1. The third kappa shape index (κ3) is 6.64. The van der Waals surface area contributed by atoms with E-state index in [1.807, 2.05) is 0 Å². The second-order valence-corrected chi connectivity index (χ2v) is 14.5. The van der Waals surface area contributed by atoms with E-state index in [1.165, 1.54) is 44.5 Å². The zero-order valence-electron chi connectivity index (χ0n) is 21.8.